The van der Waals surface area contributed by atoms with E-state index in [0.29, 0.717) is 0 Å². The molecule has 0 bridgehead atoms. The summed E-state index contributed by atoms with van der Waals surface area (Å²) in [6.07, 6.45) is 6.26. The summed E-state index contributed by atoms with van der Waals surface area (Å²) in [5.41, 5.74) is 1.71. The van der Waals surface area contributed by atoms with Gasteiger partial charge in [0.25, 0.3) is 0 Å². The highest BCUT2D eigenvalue weighted by Crippen LogP contribution is 2.31. The Morgan fingerprint density at radius 1 is 1.20 bits per heavy atom. The number of rotatable bonds is 4. The Kier molecular flexibility index (Phi) is 4.40. The van der Waals surface area contributed by atoms with E-state index in [0.717, 1.165) is 41.6 Å². The third-order valence-electron chi connectivity index (χ3n) is 4.48. The Morgan fingerprint density at radius 3 is 3.00 bits per heavy atom. The first-order valence-corrected chi connectivity index (χ1v) is 8.64. The maximum atomic E-state index is 13.3. The van der Waals surface area contributed by atoms with Gasteiger partial charge in [-0.05, 0) is 43.2 Å². The average molecular weight is 358 g/mol. The highest BCUT2D eigenvalue weighted by Gasteiger charge is 2.26. The first-order chi connectivity index (χ1) is 12.2. The molecule has 0 radical (unpaired) electrons. The summed E-state index contributed by atoms with van der Waals surface area (Å²) >= 11 is 5.84. The highest BCUT2D eigenvalue weighted by molar-refractivity contribution is 6.31. The minimum atomic E-state index is -0.405. The molecule has 25 heavy (non-hydrogen) atoms. The Bertz CT molecular complexity index is 899. The standard InChI is InChI=1S/C19H17ClFN3O/c20-16-9-13(5-7-17(16)21)24-12-4-6-14(8-12)25-19-3-1-2-18-15(19)10-22-11-23-18/h1-3,5,7,9-12,14,24H,4,6,8H2. The number of ether oxygens (including phenoxy) is 1. The van der Waals surface area contributed by atoms with Gasteiger partial charge in [-0.15, -0.1) is 0 Å². The van der Waals surface area contributed by atoms with Crippen LogP contribution in [0.25, 0.3) is 10.9 Å². The topological polar surface area (TPSA) is 47.0 Å². The van der Waals surface area contributed by atoms with E-state index in [1.54, 1.807) is 18.3 Å². The molecule has 1 aromatic heterocycles. The van der Waals surface area contributed by atoms with E-state index in [9.17, 15) is 4.39 Å². The van der Waals surface area contributed by atoms with Crippen molar-refractivity contribution in [2.45, 2.75) is 31.4 Å². The second kappa shape index (κ2) is 6.84. The van der Waals surface area contributed by atoms with Crippen molar-refractivity contribution >= 4 is 28.2 Å². The van der Waals surface area contributed by atoms with Crippen LogP contribution in [0.5, 0.6) is 5.75 Å². The van der Waals surface area contributed by atoms with Crippen molar-refractivity contribution in [3.05, 3.63) is 59.8 Å². The van der Waals surface area contributed by atoms with Gasteiger partial charge in [0.15, 0.2) is 0 Å². The highest BCUT2D eigenvalue weighted by atomic mass is 35.5. The second-order valence-corrected chi connectivity index (χ2v) is 6.64. The summed E-state index contributed by atoms with van der Waals surface area (Å²) in [6.45, 7) is 0. The lowest BCUT2D eigenvalue weighted by Crippen LogP contribution is -2.19. The Balaban J connectivity index is 1.43. The van der Waals surface area contributed by atoms with Crippen molar-refractivity contribution in [3.8, 4) is 5.75 Å². The van der Waals surface area contributed by atoms with Crippen molar-refractivity contribution < 1.29 is 9.13 Å². The summed E-state index contributed by atoms with van der Waals surface area (Å²) < 4.78 is 19.4. The van der Waals surface area contributed by atoms with E-state index in [2.05, 4.69) is 15.3 Å². The molecule has 4 nitrogen and oxygen atoms in total. The lowest BCUT2D eigenvalue weighted by molar-refractivity contribution is 0.211. The molecule has 6 heteroatoms. The summed E-state index contributed by atoms with van der Waals surface area (Å²) in [4.78, 5) is 8.34. The average Bonchev–Trinajstić information content (AvgIpc) is 3.05. The molecule has 0 amide bonds. The molecule has 4 rings (SSSR count). The zero-order chi connectivity index (χ0) is 17.2. The van der Waals surface area contributed by atoms with E-state index in [4.69, 9.17) is 16.3 Å². The number of nitrogens with one attached hydrogen (secondary N) is 1. The van der Waals surface area contributed by atoms with E-state index in [1.165, 1.54) is 12.4 Å². The van der Waals surface area contributed by atoms with Crippen LogP contribution < -0.4 is 10.1 Å². The number of halogens is 2. The van der Waals surface area contributed by atoms with Crippen LogP contribution in [0.4, 0.5) is 10.1 Å². The molecule has 3 aromatic rings. The van der Waals surface area contributed by atoms with Crippen molar-refractivity contribution in [2.75, 3.05) is 5.32 Å². The minimum absolute atomic E-state index is 0.124. The summed E-state index contributed by atoms with van der Waals surface area (Å²) in [5, 5.41) is 4.46. The molecule has 0 spiro atoms. The van der Waals surface area contributed by atoms with E-state index in [1.807, 2.05) is 18.2 Å². The van der Waals surface area contributed by atoms with E-state index in [-0.39, 0.29) is 17.2 Å². The van der Waals surface area contributed by atoms with Crippen molar-refractivity contribution in [1.29, 1.82) is 0 Å². The van der Waals surface area contributed by atoms with Crippen LogP contribution in [0.1, 0.15) is 19.3 Å². The molecule has 1 N–H and O–H groups in total. The Labute approximate surface area is 150 Å². The van der Waals surface area contributed by atoms with Gasteiger partial charge in [0.05, 0.1) is 15.9 Å². The van der Waals surface area contributed by atoms with Crippen LogP contribution in [0.15, 0.2) is 48.9 Å². The molecule has 1 aliphatic carbocycles. The molecular formula is C19H17ClFN3O. The quantitative estimate of drug-likeness (QED) is 0.726. The smallest absolute Gasteiger partial charge is 0.141 e. The van der Waals surface area contributed by atoms with E-state index >= 15 is 0 Å². The van der Waals surface area contributed by atoms with Gasteiger partial charge in [-0.1, -0.05) is 17.7 Å². The van der Waals surface area contributed by atoms with Crippen molar-refractivity contribution in [1.82, 2.24) is 9.97 Å². The first kappa shape index (κ1) is 16.1. The van der Waals surface area contributed by atoms with Gasteiger partial charge < -0.3 is 10.1 Å². The van der Waals surface area contributed by atoms with Crippen LogP contribution in [0.3, 0.4) is 0 Å². The fourth-order valence-corrected chi connectivity index (χ4v) is 3.44. The zero-order valence-corrected chi connectivity index (χ0v) is 14.2. The normalized spacial score (nSPS) is 19.9. The lowest BCUT2D eigenvalue weighted by Gasteiger charge is -2.17. The third-order valence-corrected chi connectivity index (χ3v) is 4.77. The fraction of sp³-hybridized carbons (Fsp3) is 0.263. The maximum Gasteiger partial charge on any atom is 0.141 e. The molecule has 1 heterocycles. The Hall–Kier alpha value is -2.40. The first-order valence-electron chi connectivity index (χ1n) is 8.26. The number of aromatic nitrogens is 2. The second-order valence-electron chi connectivity index (χ2n) is 6.23. The van der Waals surface area contributed by atoms with Crippen LogP contribution in [0.2, 0.25) is 5.02 Å². The molecule has 128 valence electrons. The lowest BCUT2D eigenvalue weighted by atomic mass is 10.2. The van der Waals surface area contributed by atoms with Gasteiger partial charge in [0.2, 0.25) is 0 Å². The molecule has 1 fully saturated rings. The van der Waals surface area contributed by atoms with E-state index < -0.39 is 5.82 Å². The summed E-state index contributed by atoms with van der Waals surface area (Å²) in [7, 11) is 0. The Morgan fingerprint density at radius 2 is 2.12 bits per heavy atom. The molecule has 2 atom stereocenters. The van der Waals surface area contributed by atoms with Gasteiger partial charge in [-0.25, -0.2) is 14.4 Å². The predicted molar refractivity (Wildman–Crippen MR) is 96.6 cm³/mol. The largest absolute Gasteiger partial charge is 0.490 e. The summed E-state index contributed by atoms with van der Waals surface area (Å²) in [6, 6.07) is 10.8. The van der Waals surface area contributed by atoms with Crippen LogP contribution in [-0.2, 0) is 0 Å². The molecular weight excluding hydrogens is 341 g/mol. The molecule has 1 aliphatic rings. The molecule has 0 saturated heterocycles. The monoisotopic (exact) mass is 357 g/mol. The number of hydrogen-bond donors (Lipinski definition) is 1. The summed E-state index contributed by atoms with van der Waals surface area (Å²) in [5.74, 6) is 0.409. The van der Waals surface area contributed by atoms with Crippen molar-refractivity contribution in [3.63, 3.8) is 0 Å². The van der Waals surface area contributed by atoms with Crippen LogP contribution in [-0.4, -0.2) is 22.1 Å². The van der Waals surface area contributed by atoms with Gasteiger partial charge >= 0.3 is 0 Å². The maximum absolute atomic E-state index is 13.3. The van der Waals surface area contributed by atoms with Crippen molar-refractivity contribution in [2.24, 2.45) is 0 Å². The molecule has 2 unspecified atom stereocenters. The van der Waals surface area contributed by atoms with Crippen LogP contribution in [0, 0.1) is 5.82 Å². The number of nitrogens with zero attached hydrogens (tertiary/aromatic N) is 2. The minimum Gasteiger partial charge on any atom is -0.490 e. The van der Waals surface area contributed by atoms with Gasteiger partial charge in [-0.2, -0.15) is 0 Å². The van der Waals surface area contributed by atoms with Gasteiger partial charge in [0.1, 0.15) is 24.0 Å². The molecule has 1 saturated carbocycles. The SMILES string of the molecule is Fc1ccc(NC2CCC(Oc3cccc4ncncc34)C2)cc1Cl. The zero-order valence-electron chi connectivity index (χ0n) is 13.5. The van der Waals surface area contributed by atoms with Crippen LogP contribution >= 0.6 is 11.6 Å². The molecule has 0 aliphatic heterocycles. The predicted octanol–water partition coefficient (Wildman–Crippen LogP) is 4.83. The number of hydrogen-bond acceptors (Lipinski definition) is 4. The third kappa shape index (κ3) is 3.51. The van der Waals surface area contributed by atoms with Gasteiger partial charge in [-0.3, -0.25) is 0 Å². The molecule has 2 aromatic carbocycles. The fourth-order valence-electron chi connectivity index (χ4n) is 3.26. The number of fused-ring (bicyclic) bond motifs is 1. The van der Waals surface area contributed by atoms with Gasteiger partial charge in [0, 0.05) is 24.3 Å². The number of anilines is 1. The number of benzene rings is 2.